The number of methoxy groups -OCH3 is 1. The van der Waals surface area contributed by atoms with Crippen LogP contribution in [0.25, 0.3) is 10.9 Å². The molecule has 4 rings (SSSR count). The van der Waals surface area contributed by atoms with E-state index in [2.05, 4.69) is 4.98 Å². The normalized spacial score (nSPS) is 13.7. The SMILES string of the molecule is COCCN(CC(=O)N(CCc1c[nH]c2ccccc12)Cc1ccc(C(F)(F)F)cc1)C(=O)C1CC1. The molecule has 0 unspecified atom stereocenters. The van der Waals surface area contributed by atoms with Gasteiger partial charge >= 0.3 is 6.18 Å². The second-order valence-electron chi connectivity index (χ2n) is 9.15. The Bertz CT molecular complexity index is 1190. The number of carbonyl (C=O) groups excluding carboxylic acids is 2. The first kappa shape index (κ1) is 25.8. The first-order valence-corrected chi connectivity index (χ1v) is 12.0. The van der Waals surface area contributed by atoms with Gasteiger partial charge in [0, 0.05) is 49.8 Å². The summed E-state index contributed by atoms with van der Waals surface area (Å²) in [4.78, 5) is 32.5. The van der Waals surface area contributed by atoms with E-state index >= 15 is 0 Å². The number of H-pyrrole nitrogens is 1. The number of halogens is 3. The van der Waals surface area contributed by atoms with Crippen LogP contribution >= 0.6 is 0 Å². The Hall–Kier alpha value is -3.33. The van der Waals surface area contributed by atoms with Crippen molar-refractivity contribution in [3.63, 3.8) is 0 Å². The van der Waals surface area contributed by atoms with E-state index in [1.165, 1.54) is 17.0 Å². The first-order valence-electron chi connectivity index (χ1n) is 12.0. The minimum atomic E-state index is -4.42. The van der Waals surface area contributed by atoms with E-state index in [0.717, 1.165) is 41.4 Å². The predicted molar refractivity (Wildman–Crippen MR) is 130 cm³/mol. The zero-order valence-electron chi connectivity index (χ0n) is 20.2. The average molecular weight is 502 g/mol. The molecule has 36 heavy (non-hydrogen) atoms. The lowest BCUT2D eigenvalue weighted by molar-refractivity contribution is -0.142. The Morgan fingerprint density at radius 1 is 1.03 bits per heavy atom. The van der Waals surface area contributed by atoms with E-state index in [1.54, 1.807) is 12.0 Å². The predicted octanol–water partition coefficient (Wildman–Crippen LogP) is 4.64. The average Bonchev–Trinajstić information content (AvgIpc) is 3.63. The van der Waals surface area contributed by atoms with Crippen molar-refractivity contribution in [3.05, 3.63) is 71.4 Å². The van der Waals surface area contributed by atoms with Crippen molar-refractivity contribution < 1.29 is 27.5 Å². The number of rotatable bonds is 11. The summed E-state index contributed by atoms with van der Waals surface area (Å²) in [6, 6.07) is 12.7. The van der Waals surface area contributed by atoms with Crippen LogP contribution < -0.4 is 0 Å². The topological polar surface area (TPSA) is 65.6 Å². The van der Waals surface area contributed by atoms with Crippen LogP contribution in [-0.4, -0.2) is 59.9 Å². The van der Waals surface area contributed by atoms with Gasteiger partial charge in [-0.25, -0.2) is 0 Å². The molecule has 0 saturated heterocycles. The molecule has 6 nitrogen and oxygen atoms in total. The highest BCUT2D eigenvalue weighted by atomic mass is 19.4. The molecule has 9 heteroatoms. The summed E-state index contributed by atoms with van der Waals surface area (Å²) in [7, 11) is 1.54. The van der Waals surface area contributed by atoms with Gasteiger partial charge in [-0.1, -0.05) is 30.3 Å². The maximum atomic E-state index is 13.4. The molecule has 0 spiro atoms. The van der Waals surface area contributed by atoms with E-state index in [1.807, 2.05) is 30.5 Å². The molecule has 1 N–H and O–H groups in total. The Balaban J connectivity index is 1.51. The van der Waals surface area contributed by atoms with Gasteiger partial charge in [0.2, 0.25) is 11.8 Å². The quantitative estimate of drug-likeness (QED) is 0.416. The Labute approximate surface area is 208 Å². The van der Waals surface area contributed by atoms with Crippen molar-refractivity contribution in [2.45, 2.75) is 32.0 Å². The van der Waals surface area contributed by atoms with Gasteiger partial charge < -0.3 is 19.5 Å². The summed E-state index contributed by atoms with van der Waals surface area (Å²) in [6.45, 7) is 1.05. The number of nitrogens with one attached hydrogen (secondary N) is 1. The highest BCUT2D eigenvalue weighted by Crippen LogP contribution is 2.31. The zero-order valence-corrected chi connectivity index (χ0v) is 20.2. The number of aromatic amines is 1. The number of nitrogens with zero attached hydrogens (tertiary/aromatic N) is 2. The molecule has 3 aromatic rings. The van der Waals surface area contributed by atoms with E-state index < -0.39 is 11.7 Å². The lowest BCUT2D eigenvalue weighted by atomic mass is 10.1. The fourth-order valence-corrected chi connectivity index (χ4v) is 4.23. The summed E-state index contributed by atoms with van der Waals surface area (Å²) in [5.41, 5.74) is 1.89. The van der Waals surface area contributed by atoms with Crippen LogP contribution in [0.5, 0.6) is 0 Å². The minimum Gasteiger partial charge on any atom is -0.383 e. The molecular weight excluding hydrogens is 471 g/mol. The maximum Gasteiger partial charge on any atom is 0.416 e. The maximum absolute atomic E-state index is 13.4. The molecule has 0 aliphatic heterocycles. The molecule has 1 fully saturated rings. The molecule has 0 radical (unpaired) electrons. The number of carbonyl (C=O) groups is 2. The lowest BCUT2D eigenvalue weighted by Gasteiger charge is -2.28. The monoisotopic (exact) mass is 501 g/mol. The number of fused-ring (bicyclic) bond motifs is 1. The zero-order chi connectivity index (χ0) is 25.7. The number of hydrogen-bond donors (Lipinski definition) is 1. The Kier molecular flexibility index (Phi) is 7.98. The number of hydrogen-bond acceptors (Lipinski definition) is 3. The summed E-state index contributed by atoms with van der Waals surface area (Å²) in [5.74, 6) is -0.337. The number of benzene rings is 2. The van der Waals surface area contributed by atoms with E-state index in [0.29, 0.717) is 31.7 Å². The van der Waals surface area contributed by atoms with Gasteiger partial charge in [0.1, 0.15) is 0 Å². The standard InChI is InChI=1S/C27H30F3N3O3/c1-36-15-14-33(26(35)20-8-9-20)18-25(34)32(17-19-6-10-22(11-7-19)27(28,29)30)13-12-21-16-31-24-5-3-2-4-23(21)24/h2-7,10-11,16,20,31H,8-9,12-15,17-18H2,1H3. The summed E-state index contributed by atoms with van der Waals surface area (Å²) < 4.78 is 44.1. The van der Waals surface area contributed by atoms with Gasteiger partial charge in [0.05, 0.1) is 18.7 Å². The Morgan fingerprint density at radius 3 is 2.42 bits per heavy atom. The molecule has 1 saturated carbocycles. The Morgan fingerprint density at radius 2 is 1.75 bits per heavy atom. The van der Waals surface area contributed by atoms with Crippen molar-refractivity contribution in [2.24, 2.45) is 5.92 Å². The van der Waals surface area contributed by atoms with Crippen LogP contribution in [0, 0.1) is 5.92 Å². The number of amides is 2. The molecule has 192 valence electrons. The van der Waals surface area contributed by atoms with Crippen molar-refractivity contribution in [1.82, 2.24) is 14.8 Å². The smallest absolute Gasteiger partial charge is 0.383 e. The van der Waals surface area contributed by atoms with Crippen LogP contribution in [-0.2, 0) is 33.5 Å². The number of alkyl halides is 3. The second-order valence-corrected chi connectivity index (χ2v) is 9.15. The van der Waals surface area contributed by atoms with Gasteiger partial charge in [0.15, 0.2) is 0 Å². The molecule has 1 aromatic heterocycles. The van der Waals surface area contributed by atoms with Gasteiger partial charge in [-0.05, 0) is 48.6 Å². The molecule has 2 aromatic carbocycles. The number of ether oxygens (including phenoxy) is 1. The third-order valence-electron chi connectivity index (χ3n) is 6.46. The fourth-order valence-electron chi connectivity index (χ4n) is 4.23. The highest BCUT2D eigenvalue weighted by molar-refractivity contribution is 5.87. The van der Waals surface area contributed by atoms with Gasteiger partial charge in [-0.2, -0.15) is 13.2 Å². The van der Waals surface area contributed by atoms with Crippen LogP contribution in [0.4, 0.5) is 13.2 Å². The van der Waals surface area contributed by atoms with E-state index in [9.17, 15) is 22.8 Å². The minimum absolute atomic E-state index is 0.0377. The van der Waals surface area contributed by atoms with Gasteiger partial charge in [-0.3, -0.25) is 9.59 Å². The summed E-state index contributed by atoms with van der Waals surface area (Å²) in [5, 5.41) is 1.06. The number of para-hydroxylation sites is 1. The molecule has 1 aliphatic carbocycles. The lowest BCUT2D eigenvalue weighted by Crippen LogP contribution is -2.45. The molecule has 2 amide bonds. The molecular formula is C27H30F3N3O3. The van der Waals surface area contributed by atoms with Crippen molar-refractivity contribution >= 4 is 22.7 Å². The van der Waals surface area contributed by atoms with Crippen molar-refractivity contribution in [2.75, 3.05) is 33.4 Å². The van der Waals surface area contributed by atoms with Crippen LogP contribution in [0.15, 0.2) is 54.7 Å². The molecule has 0 atom stereocenters. The van der Waals surface area contributed by atoms with Gasteiger partial charge in [-0.15, -0.1) is 0 Å². The summed E-state index contributed by atoms with van der Waals surface area (Å²) in [6.07, 6.45) is -0.301. The third-order valence-corrected chi connectivity index (χ3v) is 6.46. The molecule has 1 heterocycles. The second kappa shape index (κ2) is 11.2. The van der Waals surface area contributed by atoms with Gasteiger partial charge in [0.25, 0.3) is 0 Å². The third kappa shape index (κ3) is 6.46. The number of aromatic nitrogens is 1. The van der Waals surface area contributed by atoms with E-state index in [4.69, 9.17) is 4.74 Å². The fraction of sp³-hybridized carbons (Fsp3) is 0.407. The van der Waals surface area contributed by atoms with Crippen LogP contribution in [0.1, 0.15) is 29.5 Å². The first-order chi connectivity index (χ1) is 17.3. The van der Waals surface area contributed by atoms with E-state index in [-0.39, 0.29) is 30.8 Å². The van der Waals surface area contributed by atoms with Crippen molar-refractivity contribution in [1.29, 1.82) is 0 Å². The largest absolute Gasteiger partial charge is 0.416 e. The molecule has 0 bridgehead atoms. The van der Waals surface area contributed by atoms with Crippen LogP contribution in [0.3, 0.4) is 0 Å². The highest BCUT2D eigenvalue weighted by Gasteiger charge is 2.34. The van der Waals surface area contributed by atoms with Crippen molar-refractivity contribution in [3.8, 4) is 0 Å². The van der Waals surface area contributed by atoms with Crippen LogP contribution in [0.2, 0.25) is 0 Å². The summed E-state index contributed by atoms with van der Waals surface area (Å²) >= 11 is 0. The molecule has 1 aliphatic rings.